The molecule has 0 amide bonds. The predicted octanol–water partition coefficient (Wildman–Crippen LogP) is 7.21. The first kappa shape index (κ1) is 32.5. The lowest BCUT2D eigenvalue weighted by atomic mass is 10.2. The summed E-state index contributed by atoms with van der Waals surface area (Å²) >= 11 is 0. The topological polar surface area (TPSA) is 113 Å². The van der Waals surface area contributed by atoms with E-state index in [-0.39, 0.29) is 5.69 Å². The Balaban J connectivity index is 0.000000263. The molecule has 0 saturated carbocycles. The highest BCUT2D eigenvalue weighted by Crippen LogP contribution is 2.17. The summed E-state index contributed by atoms with van der Waals surface area (Å²) in [6, 6.07) is 21.7. The first-order valence-corrected chi connectivity index (χ1v) is 13.7. The molecule has 4 aromatic rings. The molecule has 41 heavy (non-hydrogen) atoms. The zero-order valence-corrected chi connectivity index (χ0v) is 24.2. The van der Waals surface area contributed by atoms with Crippen LogP contribution in [0.2, 0.25) is 0 Å². The third-order valence-electron chi connectivity index (χ3n) is 5.77. The van der Waals surface area contributed by atoms with Crippen LogP contribution in [0.25, 0.3) is 0 Å². The lowest BCUT2D eigenvalue weighted by Gasteiger charge is -2.06. The van der Waals surface area contributed by atoms with E-state index in [0.29, 0.717) is 25.4 Å². The highest BCUT2D eigenvalue weighted by Gasteiger charge is 2.04. The number of nitro benzene ring substituents is 1. The number of hydrogen-bond donors (Lipinski definition) is 1. The maximum absolute atomic E-state index is 10.5. The van der Waals surface area contributed by atoms with Gasteiger partial charge in [-0.15, -0.1) is 6.58 Å². The van der Waals surface area contributed by atoms with Gasteiger partial charge in [0.05, 0.1) is 18.1 Å². The van der Waals surface area contributed by atoms with Crippen LogP contribution < -0.4 is 15.2 Å². The van der Waals surface area contributed by atoms with Crippen molar-refractivity contribution >= 4 is 11.4 Å². The maximum Gasteiger partial charge on any atom is 0.269 e. The van der Waals surface area contributed by atoms with E-state index in [9.17, 15) is 10.1 Å². The van der Waals surface area contributed by atoms with Crippen LogP contribution in [0.4, 0.5) is 11.4 Å². The van der Waals surface area contributed by atoms with Crippen LogP contribution in [-0.4, -0.2) is 28.1 Å². The lowest BCUT2D eigenvalue weighted by molar-refractivity contribution is -0.384. The number of nitrogen functional groups attached to an aromatic ring is 1. The molecular formula is C33H40N4O4. The van der Waals surface area contributed by atoms with Gasteiger partial charge in [0.25, 0.3) is 5.69 Å². The number of aryl methyl sites for hydroxylation is 2. The third-order valence-corrected chi connectivity index (χ3v) is 5.77. The van der Waals surface area contributed by atoms with Gasteiger partial charge >= 0.3 is 0 Å². The van der Waals surface area contributed by atoms with E-state index in [2.05, 4.69) is 48.6 Å². The summed E-state index contributed by atoms with van der Waals surface area (Å²) in [5.74, 6) is 1.47. The molecule has 2 aromatic heterocycles. The van der Waals surface area contributed by atoms with Gasteiger partial charge in [0.1, 0.15) is 11.5 Å². The molecule has 0 unspecified atom stereocenters. The molecule has 0 fully saturated rings. The standard InChI is InChI=1S/C15H16N2O3.C15H18N2O.C3H6/c1-2-12-3-4-13(16-11-12)9-10-20-15-7-5-14(6-8-15)17(18)19;1-2-12-3-6-14(17-11-12)9-10-18-15-7-4-13(16)5-8-15;1-3-2/h3-8,11H,2,9-10H2,1H3;3-8,11H,2,9-10,16H2,1H3;3H,1H2,2H3. The van der Waals surface area contributed by atoms with Crippen molar-refractivity contribution in [2.75, 3.05) is 18.9 Å². The van der Waals surface area contributed by atoms with Crippen molar-refractivity contribution in [2.45, 2.75) is 46.5 Å². The smallest absolute Gasteiger partial charge is 0.269 e. The number of allylic oxidation sites excluding steroid dienone is 1. The zero-order chi connectivity index (χ0) is 29.9. The molecule has 0 aliphatic heterocycles. The maximum atomic E-state index is 10.5. The summed E-state index contributed by atoms with van der Waals surface area (Å²) in [4.78, 5) is 18.8. The second-order valence-corrected chi connectivity index (χ2v) is 8.95. The number of non-ortho nitro benzene ring substituents is 1. The normalized spacial score (nSPS) is 9.83. The molecule has 0 atom stereocenters. The fourth-order valence-electron chi connectivity index (χ4n) is 3.40. The lowest BCUT2D eigenvalue weighted by Crippen LogP contribution is -2.03. The van der Waals surface area contributed by atoms with Crippen LogP contribution in [0.1, 0.15) is 43.3 Å². The van der Waals surface area contributed by atoms with E-state index in [4.69, 9.17) is 15.2 Å². The molecule has 2 aromatic carbocycles. The van der Waals surface area contributed by atoms with Crippen molar-refractivity contribution in [1.82, 2.24) is 9.97 Å². The van der Waals surface area contributed by atoms with Crippen LogP contribution >= 0.6 is 0 Å². The van der Waals surface area contributed by atoms with Gasteiger partial charge in [-0.1, -0.05) is 32.1 Å². The number of pyridine rings is 2. The Morgan fingerprint density at radius 1 is 0.780 bits per heavy atom. The molecule has 0 saturated heterocycles. The Morgan fingerprint density at radius 3 is 1.54 bits per heavy atom. The van der Waals surface area contributed by atoms with Crippen molar-refractivity contribution in [2.24, 2.45) is 0 Å². The predicted molar refractivity (Wildman–Crippen MR) is 165 cm³/mol. The number of benzene rings is 2. The van der Waals surface area contributed by atoms with Crippen LogP contribution in [0.3, 0.4) is 0 Å². The van der Waals surface area contributed by atoms with E-state index in [1.807, 2.05) is 49.6 Å². The van der Waals surface area contributed by atoms with Crippen molar-refractivity contribution in [3.63, 3.8) is 0 Å². The van der Waals surface area contributed by atoms with Gasteiger partial charge in [-0.05, 0) is 79.4 Å². The van der Waals surface area contributed by atoms with Gasteiger partial charge in [-0.2, -0.15) is 0 Å². The van der Waals surface area contributed by atoms with E-state index in [1.165, 1.54) is 23.3 Å². The number of hydrogen-bond acceptors (Lipinski definition) is 7. The van der Waals surface area contributed by atoms with E-state index >= 15 is 0 Å². The average molecular weight is 557 g/mol. The van der Waals surface area contributed by atoms with Crippen molar-refractivity contribution in [1.29, 1.82) is 0 Å². The van der Waals surface area contributed by atoms with Crippen molar-refractivity contribution < 1.29 is 14.4 Å². The van der Waals surface area contributed by atoms with Crippen LogP contribution in [0, 0.1) is 10.1 Å². The van der Waals surface area contributed by atoms with Gasteiger partial charge < -0.3 is 15.2 Å². The number of ether oxygens (including phenoxy) is 2. The summed E-state index contributed by atoms with van der Waals surface area (Å²) in [5.41, 5.74) is 10.9. The summed E-state index contributed by atoms with van der Waals surface area (Å²) in [5, 5.41) is 10.5. The quantitative estimate of drug-likeness (QED) is 0.0898. The number of aromatic nitrogens is 2. The molecule has 0 aliphatic rings. The van der Waals surface area contributed by atoms with Crippen molar-refractivity contribution in [3.8, 4) is 11.5 Å². The second kappa shape index (κ2) is 18.5. The highest BCUT2D eigenvalue weighted by molar-refractivity contribution is 5.41. The van der Waals surface area contributed by atoms with Crippen LogP contribution in [-0.2, 0) is 25.7 Å². The molecular weight excluding hydrogens is 516 g/mol. The van der Waals surface area contributed by atoms with Gasteiger partial charge in [-0.25, -0.2) is 0 Å². The average Bonchev–Trinajstić information content (AvgIpc) is 3.00. The Bertz CT molecular complexity index is 1290. The first-order chi connectivity index (χ1) is 19.9. The largest absolute Gasteiger partial charge is 0.493 e. The highest BCUT2D eigenvalue weighted by atomic mass is 16.6. The molecule has 4 rings (SSSR count). The van der Waals surface area contributed by atoms with Gasteiger partial charge in [-0.3, -0.25) is 20.1 Å². The minimum absolute atomic E-state index is 0.0640. The Hall–Kier alpha value is -4.72. The monoisotopic (exact) mass is 556 g/mol. The molecule has 8 nitrogen and oxygen atoms in total. The van der Waals surface area contributed by atoms with Gasteiger partial charge in [0.15, 0.2) is 0 Å². The summed E-state index contributed by atoms with van der Waals surface area (Å²) in [6.07, 6.45) is 9.08. The Labute approximate surface area is 243 Å². The number of nitrogens with two attached hydrogens (primary N) is 1. The number of rotatable bonds is 11. The Kier molecular flexibility index (Phi) is 14.7. The number of nitrogens with zero attached hydrogens (tertiary/aromatic N) is 3. The molecule has 216 valence electrons. The zero-order valence-electron chi connectivity index (χ0n) is 24.2. The molecule has 2 N–H and O–H groups in total. The van der Waals surface area contributed by atoms with E-state index < -0.39 is 4.92 Å². The molecule has 0 radical (unpaired) electrons. The Morgan fingerprint density at radius 2 is 1.20 bits per heavy atom. The fourth-order valence-corrected chi connectivity index (χ4v) is 3.40. The summed E-state index contributed by atoms with van der Waals surface area (Å²) in [7, 11) is 0. The fraction of sp³-hybridized carbons (Fsp3) is 0.273. The molecule has 8 heteroatoms. The number of nitro groups is 1. The first-order valence-electron chi connectivity index (χ1n) is 13.7. The van der Waals surface area contributed by atoms with Crippen LogP contribution in [0.15, 0.2) is 97.8 Å². The van der Waals surface area contributed by atoms with E-state index in [0.717, 1.165) is 42.1 Å². The minimum Gasteiger partial charge on any atom is -0.493 e. The molecule has 0 aliphatic carbocycles. The SMILES string of the molecule is C=CC.CCc1ccc(CCOc2ccc(N)cc2)nc1.CCc1ccc(CCOc2ccc([N+](=O)[O-])cc2)nc1. The van der Waals surface area contributed by atoms with E-state index in [1.54, 1.807) is 18.2 Å². The minimum atomic E-state index is -0.428. The van der Waals surface area contributed by atoms with Gasteiger partial charge in [0, 0.05) is 54.4 Å². The third kappa shape index (κ3) is 12.8. The molecule has 0 bridgehead atoms. The number of anilines is 1. The van der Waals surface area contributed by atoms with Crippen LogP contribution in [0.5, 0.6) is 11.5 Å². The molecule has 0 spiro atoms. The summed E-state index contributed by atoms with van der Waals surface area (Å²) in [6.45, 7) is 10.6. The summed E-state index contributed by atoms with van der Waals surface area (Å²) < 4.78 is 11.2. The molecule has 2 heterocycles. The second-order valence-electron chi connectivity index (χ2n) is 8.95. The van der Waals surface area contributed by atoms with Gasteiger partial charge in [0.2, 0.25) is 0 Å². The van der Waals surface area contributed by atoms with Crippen molar-refractivity contribution in [3.05, 3.63) is 130 Å².